The lowest BCUT2D eigenvalue weighted by molar-refractivity contribution is -0.275. The normalized spacial score (nSPS) is 10.9. The number of nitrogens with zero attached hydrogens (tertiary/aromatic N) is 2. The zero-order valence-electron chi connectivity index (χ0n) is 9.21. The minimum Gasteiger partial charge on any atom is -0.481 e. The number of hydrogen-bond donors (Lipinski definition) is 0. The van der Waals surface area contributed by atoms with Crippen molar-refractivity contribution >= 4 is 11.6 Å². The molecule has 0 amide bonds. The fourth-order valence-corrected chi connectivity index (χ4v) is 1.44. The third-order valence-corrected chi connectivity index (χ3v) is 2.17. The molecule has 1 heterocycles. The van der Waals surface area contributed by atoms with Crippen LogP contribution >= 0.6 is 11.6 Å². The first-order chi connectivity index (χ1) is 8.41. The van der Waals surface area contributed by atoms with Crippen LogP contribution in [0.3, 0.4) is 0 Å². The molecule has 0 aliphatic heterocycles. The summed E-state index contributed by atoms with van der Waals surface area (Å²) >= 11 is 5.49. The zero-order chi connectivity index (χ0) is 13.8. The predicted molar refractivity (Wildman–Crippen MR) is 56.3 cm³/mol. The average molecular weight is 281 g/mol. The molecule has 1 rings (SSSR count). The summed E-state index contributed by atoms with van der Waals surface area (Å²) in [5.74, 6) is -0.737. The van der Waals surface area contributed by atoms with Crippen LogP contribution in [-0.2, 0) is 12.3 Å². The third-order valence-electron chi connectivity index (χ3n) is 1.92. The second kappa shape index (κ2) is 5.78. The number of pyridine rings is 1. The molecule has 4 nitrogen and oxygen atoms in total. The van der Waals surface area contributed by atoms with Gasteiger partial charge in [-0.2, -0.15) is 5.26 Å². The van der Waals surface area contributed by atoms with Gasteiger partial charge >= 0.3 is 6.36 Å². The molecule has 0 N–H and O–H groups in total. The third kappa shape index (κ3) is 3.67. The Morgan fingerprint density at radius 1 is 1.50 bits per heavy atom. The maximum absolute atomic E-state index is 12.2. The van der Waals surface area contributed by atoms with E-state index in [1.54, 1.807) is 6.07 Å². The van der Waals surface area contributed by atoms with Crippen LogP contribution in [0.5, 0.6) is 11.6 Å². The molecular weight excluding hydrogens is 273 g/mol. The molecule has 0 bridgehead atoms. The molecule has 1 aromatic rings. The number of rotatable bonds is 4. The van der Waals surface area contributed by atoms with Gasteiger partial charge in [0.2, 0.25) is 5.88 Å². The fraction of sp³-hybridized carbons (Fsp3) is 0.400. The smallest absolute Gasteiger partial charge is 0.481 e. The number of aromatic nitrogens is 1. The van der Waals surface area contributed by atoms with Crippen molar-refractivity contribution < 1.29 is 22.6 Å². The largest absolute Gasteiger partial charge is 0.573 e. The summed E-state index contributed by atoms with van der Waals surface area (Å²) in [4.78, 5) is 3.78. The number of ether oxygens (including phenoxy) is 2. The van der Waals surface area contributed by atoms with Crippen molar-refractivity contribution in [2.45, 2.75) is 18.7 Å². The standard InChI is InChI=1S/C10H8ClF3N2O2/c1-17-9-6(2-3-15)4-8(7(5-11)16-9)18-10(12,13)14/h4H,2,5H2,1H3. The number of alkyl halides is 4. The summed E-state index contributed by atoms with van der Waals surface area (Å²) in [5.41, 5.74) is 0.0978. The summed E-state index contributed by atoms with van der Waals surface area (Å²) in [5, 5.41) is 8.57. The highest BCUT2D eigenvalue weighted by atomic mass is 35.5. The summed E-state index contributed by atoms with van der Waals surface area (Å²) in [6.07, 6.45) is -4.99. The molecule has 98 valence electrons. The Bertz CT molecular complexity index is 471. The van der Waals surface area contributed by atoms with Gasteiger partial charge in [-0.3, -0.25) is 0 Å². The van der Waals surface area contributed by atoms with Crippen molar-refractivity contribution in [3.63, 3.8) is 0 Å². The van der Waals surface area contributed by atoms with Crippen LogP contribution in [0.1, 0.15) is 11.3 Å². The van der Waals surface area contributed by atoms with Gasteiger partial charge < -0.3 is 9.47 Å². The van der Waals surface area contributed by atoms with Crippen LogP contribution in [0.2, 0.25) is 0 Å². The summed E-state index contributed by atoms with van der Waals surface area (Å²) < 4.78 is 45.2. The van der Waals surface area contributed by atoms with Crippen LogP contribution in [-0.4, -0.2) is 18.5 Å². The van der Waals surface area contributed by atoms with E-state index in [-0.39, 0.29) is 29.4 Å². The molecule has 0 aliphatic carbocycles. The minimum atomic E-state index is -4.85. The quantitative estimate of drug-likeness (QED) is 0.796. The van der Waals surface area contributed by atoms with Crippen LogP contribution in [0.4, 0.5) is 13.2 Å². The van der Waals surface area contributed by atoms with E-state index >= 15 is 0 Å². The van der Waals surface area contributed by atoms with Gasteiger partial charge in [0.25, 0.3) is 0 Å². The van der Waals surface area contributed by atoms with Gasteiger partial charge in [-0.1, -0.05) is 0 Å². The van der Waals surface area contributed by atoms with Crippen LogP contribution in [0, 0.1) is 11.3 Å². The Labute approximate surface area is 106 Å². The average Bonchev–Trinajstić information content (AvgIpc) is 2.28. The predicted octanol–water partition coefficient (Wildman–Crippen LogP) is 2.79. The Kier molecular flexibility index (Phi) is 4.62. The van der Waals surface area contributed by atoms with Crippen molar-refractivity contribution in [1.29, 1.82) is 5.26 Å². The lowest BCUT2D eigenvalue weighted by Gasteiger charge is -2.14. The Morgan fingerprint density at radius 2 is 2.17 bits per heavy atom. The van der Waals surface area contributed by atoms with Crippen LogP contribution < -0.4 is 9.47 Å². The first-order valence-corrected chi connectivity index (χ1v) is 5.20. The van der Waals surface area contributed by atoms with Crippen molar-refractivity contribution in [3.05, 3.63) is 17.3 Å². The summed E-state index contributed by atoms with van der Waals surface area (Å²) in [7, 11) is 1.30. The molecule has 0 unspecified atom stereocenters. The second-order valence-corrected chi connectivity index (χ2v) is 3.39. The van der Waals surface area contributed by atoms with E-state index in [9.17, 15) is 13.2 Å². The van der Waals surface area contributed by atoms with E-state index in [4.69, 9.17) is 21.6 Å². The molecule has 0 aliphatic rings. The van der Waals surface area contributed by atoms with E-state index in [2.05, 4.69) is 9.72 Å². The van der Waals surface area contributed by atoms with E-state index in [1.165, 1.54) is 7.11 Å². The molecule has 0 radical (unpaired) electrons. The van der Waals surface area contributed by atoms with Gasteiger partial charge in [-0.15, -0.1) is 24.8 Å². The highest BCUT2D eigenvalue weighted by molar-refractivity contribution is 6.17. The van der Waals surface area contributed by atoms with Crippen LogP contribution in [0.15, 0.2) is 6.07 Å². The van der Waals surface area contributed by atoms with Crippen molar-refractivity contribution in [1.82, 2.24) is 4.98 Å². The number of halogens is 4. The van der Waals surface area contributed by atoms with Gasteiger partial charge in [0, 0.05) is 5.56 Å². The fourth-order valence-electron chi connectivity index (χ4n) is 1.25. The van der Waals surface area contributed by atoms with Gasteiger partial charge in [0.05, 0.1) is 25.5 Å². The number of nitriles is 1. The van der Waals surface area contributed by atoms with Gasteiger partial charge in [0.1, 0.15) is 5.69 Å². The SMILES string of the molecule is COc1nc(CCl)c(OC(F)(F)F)cc1CC#N. The molecule has 0 spiro atoms. The second-order valence-electron chi connectivity index (χ2n) is 3.12. The first kappa shape index (κ1) is 14.4. The zero-order valence-corrected chi connectivity index (χ0v) is 9.97. The molecule has 0 atom stereocenters. The minimum absolute atomic E-state index is 0.0572. The molecule has 0 saturated heterocycles. The molecule has 8 heteroatoms. The molecule has 0 fully saturated rings. The molecule has 1 aromatic heterocycles. The number of methoxy groups -OCH3 is 1. The van der Waals surface area contributed by atoms with Crippen molar-refractivity contribution in [2.75, 3.05) is 7.11 Å². The Balaban J connectivity index is 3.23. The molecule has 0 aromatic carbocycles. The van der Waals surface area contributed by atoms with E-state index in [1.807, 2.05) is 0 Å². The first-order valence-electron chi connectivity index (χ1n) is 4.66. The van der Waals surface area contributed by atoms with E-state index in [0.29, 0.717) is 0 Å². The topological polar surface area (TPSA) is 55.1 Å². The summed E-state index contributed by atoms with van der Waals surface area (Å²) in [6.45, 7) is 0. The maximum Gasteiger partial charge on any atom is 0.573 e. The molecular formula is C10H8ClF3N2O2. The van der Waals surface area contributed by atoms with Crippen molar-refractivity contribution in [2.24, 2.45) is 0 Å². The van der Waals surface area contributed by atoms with Crippen molar-refractivity contribution in [3.8, 4) is 17.7 Å². The highest BCUT2D eigenvalue weighted by Gasteiger charge is 2.33. The van der Waals surface area contributed by atoms with Gasteiger partial charge in [0.15, 0.2) is 5.75 Å². The Hall–Kier alpha value is -1.68. The van der Waals surface area contributed by atoms with Gasteiger partial charge in [-0.25, -0.2) is 4.98 Å². The molecule has 0 saturated carbocycles. The monoisotopic (exact) mass is 280 g/mol. The Morgan fingerprint density at radius 3 is 2.61 bits per heavy atom. The maximum atomic E-state index is 12.2. The molecule has 18 heavy (non-hydrogen) atoms. The van der Waals surface area contributed by atoms with E-state index in [0.717, 1.165) is 6.07 Å². The van der Waals surface area contributed by atoms with Crippen LogP contribution in [0.25, 0.3) is 0 Å². The lowest BCUT2D eigenvalue weighted by atomic mass is 10.2. The summed E-state index contributed by atoms with van der Waals surface area (Å²) in [6, 6.07) is 2.85. The van der Waals surface area contributed by atoms with E-state index < -0.39 is 12.1 Å². The lowest BCUT2D eigenvalue weighted by Crippen LogP contribution is -2.18. The highest BCUT2D eigenvalue weighted by Crippen LogP contribution is 2.31. The number of hydrogen-bond acceptors (Lipinski definition) is 4. The van der Waals surface area contributed by atoms with Gasteiger partial charge in [-0.05, 0) is 6.07 Å².